The molecule has 0 aromatic carbocycles. The van der Waals surface area contributed by atoms with E-state index in [1.807, 2.05) is 0 Å². The number of aliphatic carboxylic acids is 1. The van der Waals surface area contributed by atoms with E-state index < -0.39 is 11.5 Å². The number of rotatable bonds is 4. The first-order chi connectivity index (χ1) is 8.20. The summed E-state index contributed by atoms with van der Waals surface area (Å²) in [7, 11) is 0. The molecule has 2 aliphatic carbocycles. The Morgan fingerprint density at radius 3 is 2.24 bits per heavy atom. The van der Waals surface area contributed by atoms with Gasteiger partial charge in [-0.05, 0) is 32.2 Å². The minimum absolute atomic E-state index is 0.522. The Kier molecular flexibility index (Phi) is 4.08. The van der Waals surface area contributed by atoms with Crippen molar-refractivity contribution in [3.8, 4) is 0 Å². The second-order valence-corrected chi connectivity index (χ2v) is 5.62. The number of nitrogens with zero attached hydrogens (tertiary/aromatic N) is 1. The summed E-state index contributed by atoms with van der Waals surface area (Å²) in [6.07, 6.45) is 10.0. The van der Waals surface area contributed by atoms with Gasteiger partial charge in [-0.1, -0.05) is 39.0 Å². The standard InChI is InChI=1S/C14H25NO2/c1-2-15(12-8-4-5-9-12)14(13(16)17)10-6-3-7-11-14/h12H,2-11H2,1H3,(H,16,17). The molecule has 0 amide bonds. The molecule has 0 aromatic rings. The monoisotopic (exact) mass is 239 g/mol. The Morgan fingerprint density at radius 1 is 1.18 bits per heavy atom. The number of hydrogen-bond acceptors (Lipinski definition) is 2. The smallest absolute Gasteiger partial charge is 0.324 e. The van der Waals surface area contributed by atoms with Gasteiger partial charge in [0.05, 0.1) is 0 Å². The van der Waals surface area contributed by atoms with Gasteiger partial charge >= 0.3 is 5.97 Å². The molecule has 0 heterocycles. The highest BCUT2D eigenvalue weighted by molar-refractivity contribution is 5.79. The predicted octanol–water partition coefficient (Wildman–Crippen LogP) is 3.04. The van der Waals surface area contributed by atoms with Crippen LogP contribution < -0.4 is 0 Å². The molecular weight excluding hydrogens is 214 g/mol. The average molecular weight is 239 g/mol. The van der Waals surface area contributed by atoms with Gasteiger partial charge in [0.1, 0.15) is 5.54 Å². The highest BCUT2D eigenvalue weighted by Gasteiger charge is 2.47. The lowest BCUT2D eigenvalue weighted by atomic mass is 9.79. The van der Waals surface area contributed by atoms with E-state index in [0.29, 0.717) is 6.04 Å². The normalized spacial score (nSPS) is 25.3. The van der Waals surface area contributed by atoms with Crippen molar-refractivity contribution in [3.63, 3.8) is 0 Å². The average Bonchev–Trinajstić information content (AvgIpc) is 2.84. The van der Waals surface area contributed by atoms with E-state index in [0.717, 1.165) is 32.2 Å². The molecule has 0 aliphatic heterocycles. The Morgan fingerprint density at radius 2 is 1.76 bits per heavy atom. The van der Waals surface area contributed by atoms with Gasteiger partial charge in [-0.25, -0.2) is 0 Å². The lowest BCUT2D eigenvalue weighted by Gasteiger charge is -2.46. The van der Waals surface area contributed by atoms with Crippen LogP contribution in [0.5, 0.6) is 0 Å². The zero-order chi connectivity index (χ0) is 12.3. The topological polar surface area (TPSA) is 40.5 Å². The highest BCUT2D eigenvalue weighted by Crippen LogP contribution is 2.38. The van der Waals surface area contributed by atoms with E-state index in [2.05, 4.69) is 11.8 Å². The van der Waals surface area contributed by atoms with E-state index in [1.54, 1.807) is 0 Å². The van der Waals surface area contributed by atoms with Crippen molar-refractivity contribution < 1.29 is 9.90 Å². The SMILES string of the molecule is CCN(C1CCCC1)C1(C(=O)O)CCCCC1. The van der Waals surface area contributed by atoms with Gasteiger partial charge in [-0.3, -0.25) is 9.69 Å². The van der Waals surface area contributed by atoms with Crippen molar-refractivity contribution in [3.05, 3.63) is 0 Å². The number of carbonyl (C=O) groups is 1. The van der Waals surface area contributed by atoms with Crippen LogP contribution in [0.4, 0.5) is 0 Å². The molecule has 0 aromatic heterocycles. The van der Waals surface area contributed by atoms with Crippen LogP contribution in [-0.4, -0.2) is 34.1 Å². The zero-order valence-corrected chi connectivity index (χ0v) is 11.0. The lowest BCUT2D eigenvalue weighted by molar-refractivity contribution is -0.156. The van der Waals surface area contributed by atoms with Crippen molar-refractivity contribution in [2.75, 3.05) is 6.54 Å². The maximum absolute atomic E-state index is 11.8. The largest absolute Gasteiger partial charge is 0.480 e. The van der Waals surface area contributed by atoms with Gasteiger partial charge in [-0.15, -0.1) is 0 Å². The minimum atomic E-state index is -0.578. The first-order valence-corrected chi connectivity index (χ1v) is 7.21. The molecule has 2 rings (SSSR count). The van der Waals surface area contributed by atoms with E-state index in [9.17, 15) is 9.90 Å². The van der Waals surface area contributed by atoms with Crippen molar-refractivity contribution in [2.45, 2.75) is 76.3 Å². The van der Waals surface area contributed by atoms with Crippen LogP contribution >= 0.6 is 0 Å². The first kappa shape index (κ1) is 12.9. The zero-order valence-electron chi connectivity index (χ0n) is 11.0. The maximum atomic E-state index is 11.8. The summed E-state index contributed by atoms with van der Waals surface area (Å²) in [6, 6.07) is 0.522. The summed E-state index contributed by atoms with van der Waals surface area (Å²) >= 11 is 0. The minimum Gasteiger partial charge on any atom is -0.480 e. The summed E-state index contributed by atoms with van der Waals surface area (Å²) in [6.45, 7) is 3.01. The fraction of sp³-hybridized carbons (Fsp3) is 0.929. The van der Waals surface area contributed by atoms with Crippen LogP contribution in [0.25, 0.3) is 0 Å². The molecule has 0 unspecified atom stereocenters. The fourth-order valence-corrected chi connectivity index (χ4v) is 3.89. The van der Waals surface area contributed by atoms with Crippen LogP contribution in [0.1, 0.15) is 64.7 Å². The fourth-order valence-electron chi connectivity index (χ4n) is 3.89. The molecular formula is C14H25NO2. The molecule has 0 saturated heterocycles. The van der Waals surface area contributed by atoms with Crippen molar-refractivity contribution in [1.82, 2.24) is 4.90 Å². The highest BCUT2D eigenvalue weighted by atomic mass is 16.4. The third-order valence-corrected chi connectivity index (χ3v) is 4.73. The van der Waals surface area contributed by atoms with Gasteiger partial charge in [0, 0.05) is 6.04 Å². The molecule has 98 valence electrons. The molecule has 0 bridgehead atoms. The molecule has 2 fully saturated rings. The van der Waals surface area contributed by atoms with Crippen LogP contribution in [-0.2, 0) is 4.79 Å². The molecule has 2 saturated carbocycles. The summed E-state index contributed by atoms with van der Waals surface area (Å²) < 4.78 is 0. The number of likely N-dealkylation sites (N-methyl/N-ethyl adjacent to an activating group) is 1. The Balaban J connectivity index is 2.19. The van der Waals surface area contributed by atoms with Crippen molar-refractivity contribution in [2.24, 2.45) is 0 Å². The summed E-state index contributed by atoms with van der Waals surface area (Å²) in [5.41, 5.74) is -0.540. The first-order valence-electron chi connectivity index (χ1n) is 7.21. The lowest BCUT2D eigenvalue weighted by Crippen LogP contribution is -2.58. The number of carboxylic acid groups (broad SMARTS) is 1. The third kappa shape index (κ3) is 2.35. The summed E-state index contributed by atoms with van der Waals surface area (Å²) in [5.74, 6) is -0.578. The summed E-state index contributed by atoms with van der Waals surface area (Å²) in [5, 5.41) is 9.71. The van der Waals surface area contributed by atoms with E-state index >= 15 is 0 Å². The van der Waals surface area contributed by atoms with Crippen molar-refractivity contribution >= 4 is 5.97 Å². The Hall–Kier alpha value is -0.570. The molecule has 17 heavy (non-hydrogen) atoms. The predicted molar refractivity (Wildman–Crippen MR) is 68.1 cm³/mol. The molecule has 3 nitrogen and oxygen atoms in total. The van der Waals surface area contributed by atoms with Gasteiger partial charge in [0.25, 0.3) is 0 Å². The molecule has 2 aliphatic rings. The molecule has 0 radical (unpaired) electrons. The molecule has 0 atom stereocenters. The van der Waals surface area contributed by atoms with Gasteiger partial charge in [0.2, 0.25) is 0 Å². The van der Waals surface area contributed by atoms with Gasteiger partial charge in [-0.2, -0.15) is 0 Å². The Bertz CT molecular complexity index is 265. The molecule has 1 N–H and O–H groups in total. The summed E-state index contributed by atoms with van der Waals surface area (Å²) in [4.78, 5) is 14.1. The maximum Gasteiger partial charge on any atom is 0.324 e. The van der Waals surface area contributed by atoms with E-state index in [4.69, 9.17) is 0 Å². The Labute approximate surface area is 104 Å². The van der Waals surface area contributed by atoms with Gasteiger partial charge in [0.15, 0.2) is 0 Å². The van der Waals surface area contributed by atoms with Crippen LogP contribution in [0.3, 0.4) is 0 Å². The molecule has 3 heteroatoms. The van der Waals surface area contributed by atoms with Gasteiger partial charge < -0.3 is 5.11 Å². The van der Waals surface area contributed by atoms with Crippen LogP contribution in [0.15, 0.2) is 0 Å². The molecule has 0 spiro atoms. The van der Waals surface area contributed by atoms with Crippen LogP contribution in [0, 0.1) is 0 Å². The second-order valence-electron chi connectivity index (χ2n) is 5.62. The van der Waals surface area contributed by atoms with E-state index in [-0.39, 0.29) is 0 Å². The van der Waals surface area contributed by atoms with Crippen LogP contribution in [0.2, 0.25) is 0 Å². The second kappa shape index (κ2) is 5.38. The third-order valence-electron chi connectivity index (χ3n) is 4.73. The quantitative estimate of drug-likeness (QED) is 0.819. The van der Waals surface area contributed by atoms with Crippen molar-refractivity contribution in [1.29, 1.82) is 0 Å². The number of carboxylic acids is 1. The van der Waals surface area contributed by atoms with E-state index in [1.165, 1.54) is 32.1 Å². The number of hydrogen-bond donors (Lipinski definition) is 1.